The van der Waals surface area contributed by atoms with Crippen LogP contribution >= 0.6 is 11.3 Å². The number of hydrogen-bond acceptors (Lipinski definition) is 1. The summed E-state index contributed by atoms with van der Waals surface area (Å²) in [6.07, 6.45) is 0. The van der Waals surface area contributed by atoms with Gasteiger partial charge in [0.05, 0.1) is 0 Å². The van der Waals surface area contributed by atoms with Gasteiger partial charge in [-0.05, 0) is 35.6 Å². The fourth-order valence-corrected chi connectivity index (χ4v) is 2.86. The average molecular weight is 223 g/mol. The van der Waals surface area contributed by atoms with Crippen molar-refractivity contribution < 1.29 is 0 Å². The fraction of sp³-hybridized carbons (Fsp3) is 0. The van der Waals surface area contributed by atoms with E-state index in [-0.39, 0.29) is 0 Å². The highest BCUT2D eigenvalue weighted by Gasteiger charge is 2.02. The number of fused-ring (bicyclic) bond motifs is 1. The van der Waals surface area contributed by atoms with Crippen molar-refractivity contribution in [2.24, 2.45) is 0 Å². The maximum Gasteiger partial charge on any atom is 0.0355 e. The first kappa shape index (κ1) is 9.61. The first-order chi connectivity index (χ1) is 7.83. The SMILES string of the molecule is [CH2]c1ccc(-c2cc3ccccc3s2)cc1. The van der Waals surface area contributed by atoms with Gasteiger partial charge in [-0.3, -0.25) is 0 Å². The molecule has 3 aromatic rings. The molecule has 0 amide bonds. The normalized spacial score (nSPS) is 10.8. The highest BCUT2D eigenvalue weighted by Crippen LogP contribution is 2.33. The monoisotopic (exact) mass is 223 g/mol. The van der Waals surface area contributed by atoms with Crippen molar-refractivity contribution in [3.05, 3.63) is 67.1 Å². The molecule has 1 heteroatoms. The van der Waals surface area contributed by atoms with E-state index >= 15 is 0 Å². The van der Waals surface area contributed by atoms with Crippen LogP contribution in [0, 0.1) is 6.92 Å². The van der Waals surface area contributed by atoms with Crippen molar-refractivity contribution in [2.75, 3.05) is 0 Å². The van der Waals surface area contributed by atoms with Gasteiger partial charge in [-0.2, -0.15) is 0 Å². The van der Waals surface area contributed by atoms with Crippen LogP contribution in [-0.4, -0.2) is 0 Å². The van der Waals surface area contributed by atoms with Gasteiger partial charge >= 0.3 is 0 Å². The van der Waals surface area contributed by atoms with Crippen LogP contribution < -0.4 is 0 Å². The second-order valence-electron chi connectivity index (χ2n) is 3.85. The van der Waals surface area contributed by atoms with Crippen molar-refractivity contribution in [2.45, 2.75) is 0 Å². The van der Waals surface area contributed by atoms with E-state index in [1.807, 2.05) is 11.3 Å². The maximum absolute atomic E-state index is 3.90. The van der Waals surface area contributed by atoms with Gasteiger partial charge < -0.3 is 0 Å². The third-order valence-corrected chi connectivity index (χ3v) is 3.83. The largest absolute Gasteiger partial charge is 0.135 e. The Balaban J connectivity index is 2.15. The van der Waals surface area contributed by atoms with E-state index in [1.54, 1.807) is 0 Å². The second-order valence-corrected chi connectivity index (χ2v) is 4.93. The van der Waals surface area contributed by atoms with Gasteiger partial charge in [0.1, 0.15) is 0 Å². The molecule has 0 saturated heterocycles. The smallest absolute Gasteiger partial charge is 0.0355 e. The third-order valence-electron chi connectivity index (χ3n) is 2.66. The molecular weight excluding hydrogens is 212 g/mol. The minimum atomic E-state index is 1.06. The van der Waals surface area contributed by atoms with Crippen molar-refractivity contribution in [1.82, 2.24) is 0 Å². The molecule has 2 aromatic carbocycles. The molecule has 16 heavy (non-hydrogen) atoms. The third kappa shape index (κ3) is 1.63. The van der Waals surface area contributed by atoms with E-state index in [1.165, 1.54) is 20.5 Å². The Morgan fingerprint density at radius 1 is 0.875 bits per heavy atom. The average Bonchev–Trinajstić information content (AvgIpc) is 2.73. The number of benzene rings is 2. The van der Waals surface area contributed by atoms with Crippen LogP contribution in [-0.2, 0) is 0 Å². The van der Waals surface area contributed by atoms with Gasteiger partial charge in [0.2, 0.25) is 0 Å². The Kier molecular flexibility index (Phi) is 2.26. The van der Waals surface area contributed by atoms with Gasteiger partial charge in [-0.25, -0.2) is 0 Å². The number of thiophene rings is 1. The van der Waals surface area contributed by atoms with Crippen LogP contribution in [0.4, 0.5) is 0 Å². The zero-order valence-corrected chi connectivity index (χ0v) is 9.63. The summed E-state index contributed by atoms with van der Waals surface area (Å²) in [6.45, 7) is 3.90. The summed E-state index contributed by atoms with van der Waals surface area (Å²) in [5.41, 5.74) is 2.33. The lowest BCUT2D eigenvalue weighted by molar-refractivity contribution is 1.61. The molecule has 0 N–H and O–H groups in total. The summed E-state index contributed by atoms with van der Waals surface area (Å²) in [4.78, 5) is 1.32. The molecule has 1 aromatic heterocycles. The van der Waals surface area contributed by atoms with E-state index in [0.29, 0.717) is 0 Å². The summed E-state index contributed by atoms with van der Waals surface area (Å²) in [7, 11) is 0. The molecule has 3 rings (SSSR count). The summed E-state index contributed by atoms with van der Waals surface area (Å²) < 4.78 is 1.34. The summed E-state index contributed by atoms with van der Waals surface area (Å²) >= 11 is 1.84. The predicted octanol–water partition coefficient (Wildman–Crippen LogP) is 4.75. The van der Waals surface area contributed by atoms with Crippen molar-refractivity contribution in [1.29, 1.82) is 0 Å². The Morgan fingerprint density at radius 2 is 1.62 bits per heavy atom. The molecule has 0 aliphatic carbocycles. The van der Waals surface area contributed by atoms with Gasteiger partial charge in [-0.1, -0.05) is 42.5 Å². The molecule has 0 fully saturated rings. The van der Waals surface area contributed by atoms with E-state index < -0.39 is 0 Å². The van der Waals surface area contributed by atoms with Crippen LogP contribution in [0.25, 0.3) is 20.5 Å². The molecule has 0 atom stereocenters. The molecule has 77 valence electrons. The van der Waals surface area contributed by atoms with E-state index in [2.05, 4.69) is 61.5 Å². The molecule has 0 spiro atoms. The zero-order chi connectivity index (χ0) is 11.0. The predicted molar refractivity (Wildman–Crippen MR) is 71.7 cm³/mol. The molecule has 0 aliphatic heterocycles. The van der Waals surface area contributed by atoms with Crippen LogP contribution in [0.2, 0.25) is 0 Å². The quantitative estimate of drug-likeness (QED) is 0.558. The Morgan fingerprint density at radius 3 is 2.38 bits per heavy atom. The van der Waals surface area contributed by atoms with E-state index in [0.717, 1.165) is 5.56 Å². The molecule has 0 unspecified atom stereocenters. The summed E-state index contributed by atoms with van der Waals surface area (Å²) in [6, 6.07) is 19.1. The van der Waals surface area contributed by atoms with Crippen molar-refractivity contribution >= 4 is 21.4 Å². The first-order valence-electron chi connectivity index (χ1n) is 5.24. The molecule has 0 nitrogen and oxygen atoms in total. The van der Waals surface area contributed by atoms with E-state index in [4.69, 9.17) is 0 Å². The molecule has 1 radical (unpaired) electrons. The first-order valence-corrected chi connectivity index (χ1v) is 6.05. The summed E-state index contributed by atoms with van der Waals surface area (Å²) in [5, 5.41) is 1.32. The minimum Gasteiger partial charge on any atom is -0.135 e. The van der Waals surface area contributed by atoms with Gasteiger partial charge in [0, 0.05) is 9.58 Å². The lowest BCUT2D eigenvalue weighted by Gasteiger charge is -1.96. The number of rotatable bonds is 1. The lowest BCUT2D eigenvalue weighted by atomic mass is 10.1. The second kappa shape index (κ2) is 3.76. The van der Waals surface area contributed by atoms with Crippen LogP contribution in [0.15, 0.2) is 54.6 Å². The molecule has 1 heterocycles. The van der Waals surface area contributed by atoms with E-state index in [9.17, 15) is 0 Å². The molecule has 0 aliphatic rings. The zero-order valence-electron chi connectivity index (χ0n) is 8.81. The van der Waals surface area contributed by atoms with Gasteiger partial charge in [0.25, 0.3) is 0 Å². The van der Waals surface area contributed by atoms with Gasteiger partial charge in [0.15, 0.2) is 0 Å². The number of hydrogen-bond donors (Lipinski definition) is 0. The summed E-state index contributed by atoms with van der Waals surface area (Å²) in [5.74, 6) is 0. The Bertz CT molecular complexity index is 584. The van der Waals surface area contributed by atoms with Crippen LogP contribution in [0.3, 0.4) is 0 Å². The molecule has 0 bridgehead atoms. The topological polar surface area (TPSA) is 0 Å². The minimum absolute atomic E-state index is 1.06. The highest BCUT2D eigenvalue weighted by molar-refractivity contribution is 7.22. The highest BCUT2D eigenvalue weighted by atomic mass is 32.1. The Hall–Kier alpha value is -1.60. The standard InChI is InChI=1S/C15H11S/c1-11-6-8-12(9-7-11)15-10-13-4-2-3-5-14(13)16-15/h2-10H,1H2. The maximum atomic E-state index is 3.90. The van der Waals surface area contributed by atoms with Crippen molar-refractivity contribution in [3.8, 4) is 10.4 Å². The fourth-order valence-electron chi connectivity index (χ4n) is 1.79. The van der Waals surface area contributed by atoms with Gasteiger partial charge in [-0.15, -0.1) is 11.3 Å². The lowest BCUT2D eigenvalue weighted by Crippen LogP contribution is -1.72. The molecule has 0 saturated carbocycles. The van der Waals surface area contributed by atoms with Crippen molar-refractivity contribution in [3.63, 3.8) is 0 Å². The molecular formula is C15H11S. The Labute approximate surface area is 99.2 Å². The van der Waals surface area contributed by atoms with Crippen LogP contribution in [0.1, 0.15) is 5.56 Å². The van der Waals surface area contributed by atoms with Crippen LogP contribution in [0.5, 0.6) is 0 Å².